The average Bonchev–Trinajstić information content (AvgIpc) is 3.17. The molecule has 2 aliphatic rings. The zero-order valence-corrected chi connectivity index (χ0v) is 16.6. The third kappa shape index (κ3) is 3.33. The Balaban J connectivity index is 1.63. The van der Waals surface area contributed by atoms with Crippen molar-refractivity contribution in [3.05, 3.63) is 59.2 Å². The van der Waals surface area contributed by atoms with Crippen LogP contribution in [0.3, 0.4) is 0 Å². The van der Waals surface area contributed by atoms with E-state index in [4.69, 9.17) is 9.47 Å². The first kappa shape index (κ1) is 19.0. The molecule has 0 aromatic heterocycles. The lowest BCUT2D eigenvalue weighted by atomic mass is 9.92. The van der Waals surface area contributed by atoms with Crippen molar-refractivity contribution in [1.29, 1.82) is 0 Å². The molecule has 1 saturated heterocycles. The van der Waals surface area contributed by atoms with E-state index in [0.29, 0.717) is 23.5 Å². The summed E-state index contributed by atoms with van der Waals surface area (Å²) in [6.45, 7) is 6.07. The van der Waals surface area contributed by atoms with Crippen LogP contribution in [0.15, 0.2) is 47.6 Å². The largest absolute Gasteiger partial charge is 0.493 e. The first-order valence-corrected chi connectivity index (χ1v) is 9.65. The number of benzene rings is 2. The van der Waals surface area contributed by atoms with Gasteiger partial charge in [-0.25, -0.2) is 4.79 Å². The number of hydrazone groups is 1. The summed E-state index contributed by atoms with van der Waals surface area (Å²) in [5.41, 5.74) is 1.26. The number of ether oxygens (including phenoxy) is 2. The highest BCUT2D eigenvalue weighted by Gasteiger charge is 2.49. The molecule has 3 amide bonds. The summed E-state index contributed by atoms with van der Waals surface area (Å²) in [6.07, 6.45) is 2.38. The van der Waals surface area contributed by atoms with Gasteiger partial charge in [0.15, 0.2) is 0 Å². The minimum atomic E-state index is -1.16. The van der Waals surface area contributed by atoms with E-state index in [0.717, 1.165) is 22.7 Å². The van der Waals surface area contributed by atoms with Crippen molar-refractivity contribution in [2.24, 2.45) is 5.10 Å². The molecule has 0 bridgehead atoms. The highest BCUT2D eigenvalue weighted by Crippen LogP contribution is 2.35. The maximum Gasteiger partial charge on any atom is 0.346 e. The highest BCUT2D eigenvalue weighted by molar-refractivity contribution is 6.07. The molecule has 2 aromatic rings. The van der Waals surface area contributed by atoms with Gasteiger partial charge in [0.05, 0.1) is 12.8 Å². The molecular weight excluding hydrogens is 370 g/mol. The quantitative estimate of drug-likeness (QED) is 0.625. The Labute approximate surface area is 169 Å². The summed E-state index contributed by atoms with van der Waals surface area (Å²) in [6, 6.07) is 12.3. The fraction of sp³-hybridized carbons (Fsp3) is 0.318. The predicted octanol–water partition coefficient (Wildman–Crippen LogP) is 3.21. The van der Waals surface area contributed by atoms with Gasteiger partial charge in [-0.3, -0.25) is 4.79 Å². The SMILES string of the molecule is CCOc1cc2c(cc1/C=N\N1C(=O)N[C@@](C)(c3ccccc3)C1=O)O[C@H](C)C2. The summed E-state index contributed by atoms with van der Waals surface area (Å²) < 4.78 is 11.5. The monoisotopic (exact) mass is 393 g/mol. The molecule has 7 heteroatoms. The number of rotatable bonds is 5. The number of amides is 3. The minimum absolute atomic E-state index is 0.101. The van der Waals surface area contributed by atoms with Crippen LogP contribution >= 0.6 is 0 Å². The summed E-state index contributed by atoms with van der Waals surface area (Å²) in [5.74, 6) is 0.980. The number of fused-ring (bicyclic) bond motifs is 1. The molecule has 7 nitrogen and oxygen atoms in total. The molecule has 0 saturated carbocycles. The molecule has 2 heterocycles. The van der Waals surface area contributed by atoms with Gasteiger partial charge in [0.1, 0.15) is 23.1 Å². The number of nitrogens with zero attached hydrogens (tertiary/aromatic N) is 2. The van der Waals surface area contributed by atoms with Gasteiger partial charge >= 0.3 is 6.03 Å². The number of carbonyl (C=O) groups excluding carboxylic acids is 2. The number of hydrogen-bond donors (Lipinski definition) is 1. The average molecular weight is 393 g/mol. The third-order valence-corrected chi connectivity index (χ3v) is 5.16. The van der Waals surface area contributed by atoms with E-state index in [2.05, 4.69) is 10.4 Å². The zero-order chi connectivity index (χ0) is 20.6. The van der Waals surface area contributed by atoms with Gasteiger partial charge < -0.3 is 14.8 Å². The van der Waals surface area contributed by atoms with Gasteiger partial charge in [0.2, 0.25) is 0 Å². The maximum atomic E-state index is 13.0. The normalized spacial score (nSPS) is 23.3. The molecule has 0 unspecified atom stereocenters. The van der Waals surface area contributed by atoms with Crippen LogP contribution < -0.4 is 14.8 Å². The molecule has 2 aliphatic heterocycles. The Morgan fingerprint density at radius 2 is 2.07 bits per heavy atom. The molecule has 1 fully saturated rings. The standard InChI is InChI=1S/C22H23N3O4/c1-4-28-18-11-15-10-14(2)29-19(15)12-16(18)13-23-25-20(26)22(3,24-21(25)27)17-8-6-5-7-9-17/h5-9,11-14H,4,10H2,1-3H3,(H,24,27)/b23-13-/t14-,22+/m1/s1. The Hall–Kier alpha value is -3.35. The van der Waals surface area contributed by atoms with E-state index < -0.39 is 17.5 Å². The topological polar surface area (TPSA) is 80.2 Å². The first-order valence-electron chi connectivity index (χ1n) is 9.65. The summed E-state index contributed by atoms with van der Waals surface area (Å²) in [4.78, 5) is 25.4. The first-order chi connectivity index (χ1) is 13.9. The molecule has 1 N–H and O–H groups in total. The molecular formula is C22H23N3O4. The minimum Gasteiger partial charge on any atom is -0.493 e. The Morgan fingerprint density at radius 3 is 2.79 bits per heavy atom. The van der Waals surface area contributed by atoms with Crippen molar-refractivity contribution < 1.29 is 19.1 Å². The van der Waals surface area contributed by atoms with Gasteiger partial charge in [0, 0.05) is 17.5 Å². The van der Waals surface area contributed by atoms with E-state index in [1.807, 2.05) is 44.2 Å². The number of imide groups is 1. The van der Waals surface area contributed by atoms with E-state index in [1.165, 1.54) is 6.21 Å². The van der Waals surface area contributed by atoms with E-state index in [-0.39, 0.29) is 6.10 Å². The predicted molar refractivity (Wildman–Crippen MR) is 108 cm³/mol. The second kappa shape index (κ2) is 7.24. The fourth-order valence-corrected chi connectivity index (χ4v) is 3.65. The van der Waals surface area contributed by atoms with Crippen molar-refractivity contribution >= 4 is 18.2 Å². The molecule has 150 valence electrons. The summed E-state index contributed by atoms with van der Waals surface area (Å²) >= 11 is 0. The lowest BCUT2D eigenvalue weighted by Gasteiger charge is -2.21. The van der Waals surface area contributed by atoms with Crippen molar-refractivity contribution in [2.75, 3.05) is 6.61 Å². The lowest BCUT2D eigenvalue weighted by molar-refractivity contribution is -0.131. The zero-order valence-electron chi connectivity index (χ0n) is 16.6. The Bertz CT molecular complexity index is 989. The van der Waals surface area contributed by atoms with E-state index in [1.54, 1.807) is 19.1 Å². The van der Waals surface area contributed by atoms with Crippen LogP contribution in [0.25, 0.3) is 0 Å². The van der Waals surface area contributed by atoms with Crippen LogP contribution in [0, 0.1) is 0 Å². The second-order valence-electron chi connectivity index (χ2n) is 7.35. The van der Waals surface area contributed by atoms with Crippen LogP contribution in [0.5, 0.6) is 11.5 Å². The Kier molecular flexibility index (Phi) is 4.74. The second-order valence-corrected chi connectivity index (χ2v) is 7.35. The van der Waals surface area contributed by atoms with E-state index >= 15 is 0 Å². The van der Waals surface area contributed by atoms with Crippen LogP contribution in [-0.2, 0) is 16.8 Å². The third-order valence-electron chi connectivity index (χ3n) is 5.16. The van der Waals surface area contributed by atoms with Crippen molar-refractivity contribution in [2.45, 2.75) is 38.8 Å². The van der Waals surface area contributed by atoms with Gasteiger partial charge in [-0.05, 0) is 38.5 Å². The maximum absolute atomic E-state index is 13.0. The van der Waals surface area contributed by atoms with Gasteiger partial charge in [0.25, 0.3) is 5.91 Å². The van der Waals surface area contributed by atoms with Gasteiger partial charge in [-0.15, -0.1) is 5.01 Å². The Morgan fingerprint density at radius 1 is 1.31 bits per heavy atom. The van der Waals surface area contributed by atoms with Gasteiger partial charge in [-0.2, -0.15) is 5.10 Å². The molecule has 0 radical (unpaired) electrons. The number of carbonyl (C=O) groups is 2. The van der Waals surface area contributed by atoms with Crippen LogP contribution in [0.4, 0.5) is 4.79 Å². The fourth-order valence-electron chi connectivity index (χ4n) is 3.65. The number of urea groups is 1. The lowest BCUT2D eigenvalue weighted by Crippen LogP contribution is -2.40. The highest BCUT2D eigenvalue weighted by atomic mass is 16.5. The molecule has 0 aliphatic carbocycles. The molecule has 4 rings (SSSR count). The smallest absolute Gasteiger partial charge is 0.346 e. The molecule has 2 atom stereocenters. The number of hydrogen-bond acceptors (Lipinski definition) is 5. The summed E-state index contributed by atoms with van der Waals surface area (Å²) in [7, 11) is 0. The number of nitrogens with one attached hydrogen (secondary N) is 1. The van der Waals surface area contributed by atoms with E-state index in [9.17, 15) is 9.59 Å². The molecule has 29 heavy (non-hydrogen) atoms. The summed E-state index contributed by atoms with van der Waals surface area (Å²) in [5, 5.41) is 7.77. The molecule has 0 spiro atoms. The van der Waals surface area contributed by atoms with Crippen LogP contribution in [0.2, 0.25) is 0 Å². The van der Waals surface area contributed by atoms with Crippen LogP contribution in [-0.4, -0.2) is 35.9 Å². The van der Waals surface area contributed by atoms with Crippen LogP contribution in [0.1, 0.15) is 37.5 Å². The van der Waals surface area contributed by atoms with Crippen molar-refractivity contribution in [1.82, 2.24) is 10.3 Å². The molecule has 2 aromatic carbocycles. The van der Waals surface area contributed by atoms with Crippen molar-refractivity contribution in [3.63, 3.8) is 0 Å². The van der Waals surface area contributed by atoms with Crippen molar-refractivity contribution in [3.8, 4) is 11.5 Å². The van der Waals surface area contributed by atoms with Gasteiger partial charge in [-0.1, -0.05) is 30.3 Å².